The van der Waals surface area contributed by atoms with Gasteiger partial charge in [0.2, 0.25) is 0 Å². The van der Waals surface area contributed by atoms with Crippen molar-refractivity contribution in [2.45, 2.75) is 18.9 Å². The number of hydrogen-bond acceptors (Lipinski definition) is 3. The molecule has 0 spiro atoms. The molecule has 1 aliphatic rings. The summed E-state index contributed by atoms with van der Waals surface area (Å²) in [5.41, 5.74) is 15.7. The van der Waals surface area contributed by atoms with Crippen molar-refractivity contribution in [3.63, 3.8) is 0 Å². The van der Waals surface area contributed by atoms with Gasteiger partial charge in [-0.2, -0.15) is 0 Å². The van der Waals surface area contributed by atoms with Gasteiger partial charge in [0.25, 0.3) is 0 Å². The largest absolute Gasteiger partial charge is 0.399 e. The summed E-state index contributed by atoms with van der Waals surface area (Å²) in [5.74, 6) is 0. The molecule has 2 aromatic rings. The van der Waals surface area contributed by atoms with Crippen LogP contribution >= 0.6 is 0 Å². The summed E-state index contributed by atoms with van der Waals surface area (Å²) in [4.78, 5) is 2.45. The van der Waals surface area contributed by atoms with E-state index < -0.39 is 0 Å². The van der Waals surface area contributed by atoms with Crippen LogP contribution in [0.15, 0.2) is 48.5 Å². The number of nitrogen functional groups attached to an aromatic ring is 2. The zero-order valence-corrected chi connectivity index (χ0v) is 10.9. The second kappa shape index (κ2) is 4.84. The minimum Gasteiger partial charge on any atom is -0.399 e. The smallest absolute Gasteiger partial charge is 0.0543 e. The zero-order chi connectivity index (χ0) is 13.2. The van der Waals surface area contributed by atoms with Crippen LogP contribution < -0.4 is 16.4 Å². The molecule has 0 amide bonds. The minimum absolute atomic E-state index is 0.448. The Morgan fingerprint density at radius 1 is 0.842 bits per heavy atom. The first-order valence-electron chi connectivity index (χ1n) is 6.72. The van der Waals surface area contributed by atoms with Gasteiger partial charge in [-0.25, -0.2) is 0 Å². The number of nitrogens with zero attached hydrogens (tertiary/aromatic N) is 1. The topological polar surface area (TPSA) is 55.3 Å². The van der Waals surface area contributed by atoms with E-state index in [1.54, 1.807) is 0 Å². The second-order valence-electron chi connectivity index (χ2n) is 5.11. The van der Waals surface area contributed by atoms with Crippen LogP contribution in [-0.4, -0.2) is 6.54 Å². The molecule has 19 heavy (non-hydrogen) atoms. The van der Waals surface area contributed by atoms with Gasteiger partial charge < -0.3 is 16.4 Å². The molecule has 0 aliphatic carbocycles. The van der Waals surface area contributed by atoms with E-state index in [1.807, 2.05) is 24.3 Å². The first-order chi connectivity index (χ1) is 9.24. The number of anilines is 3. The highest BCUT2D eigenvalue weighted by Crippen LogP contribution is 2.36. The Labute approximate surface area is 113 Å². The molecule has 1 fully saturated rings. The summed E-state index contributed by atoms with van der Waals surface area (Å²) in [5, 5.41) is 0. The molecule has 4 N–H and O–H groups in total. The highest BCUT2D eigenvalue weighted by atomic mass is 15.2. The van der Waals surface area contributed by atoms with E-state index in [9.17, 15) is 0 Å². The Hall–Kier alpha value is -2.16. The standard InChI is InChI=1S/C16H19N3/c17-13-5-3-12(4-6-13)16-2-1-11-19(16)15-9-7-14(18)8-10-15/h3-10,16H,1-2,11,17-18H2. The van der Waals surface area contributed by atoms with Crippen molar-refractivity contribution in [1.29, 1.82) is 0 Å². The maximum Gasteiger partial charge on any atom is 0.0543 e. The summed E-state index contributed by atoms with van der Waals surface area (Å²) in [7, 11) is 0. The van der Waals surface area contributed by atoms with Crippen molar-refractivity contribution in [3.8, 4) is 0 Å². The average molecular weight is 253 g/mol. The molecule has 0 aromatic heterocycles. The fourth-order valence-electron chi connectivity index (χ4n) is 2.81. The van der Waals surface area contributed by atoms with E-state index in [-0.39, 0.29) is 0 Å². The van der Waals surface area contributed by atoms with E-state index in [0.717, 1.165) is 17.9 Å². The number of hydrogen-bond donors (Lipinski definition) is 2. The van der Waals surface area contributed by atoms with Crippen molar-refractivity contribution >= 4 is 17.1 Å². The normalized spacial score (nSPS) is 18.7. The van der Waals surface area contributed by atoms with Gasteiger partial charge >= 0.3 is 0 Å². The SMILES string of the molecule is Nc1ccc(C2CCCN2c2ccc(N)cc2)cc1. The molecule has 98 valence electrons. The molecule has 3 nitrogen and oxygen atoms in total. The van der Waals surface area contributed by atoms with Gasteiger partial charge in [-0.15, -0.1) is 0 Å². The molecular formula is C16H19N3. The molecule has 0 radical (unpaired) electrons. The molecule has 0 saturated carbocycles. The fraction of sp³-hybridized carbons (Fsp3) is 0.250. The maximum atomic E-state index is 5.76. The van der Waals surface area contributed by atoms with Gasteiger partial charge in [0.05, 0.1) is 6.04 Å². The van der Waals surface area contributed by atoms with Gasteiger partial charge in [-0.1, -0.05) is 12.1 Å². The van der Waals surface area contributed by atoms with E-state index >= 15 is 0 Å². The van der Waals surface area contributed by atoms with Gasteiger partial charge in [0, 0.05) is 23.6 Å². The third-order valence-electron chi connectivity index (χ3n) is 3.80. The minimum atomic E-state index is 0.448. The number of nitrogens with two attached hydrogens (primary N) is 2. The quantitative estimate of drug-likeness (QED) is 0.808. The van der Waals surface area contributed by atoms with E-state index in [0.29, 0.717) is 6.04 Å². The molecule has 0 bridgehead atoms. The fourth-order valence-corrected chi connectivity index (χ4v) is 2.81. The van der Waals surface area contributed by atoms with Crippen LogP contribution in [0.1, 0.15) is 24.4 Å². The van der Waals surface area contributed by atoms with Gasteiger partial charge in [0.1, 0.15) is 0 Å². The lowest BCUT2D eigenvalue weighted by Gasteiger charge is -2.27. The molecule has 1 aliphatic heterocycles. The van der Waals surface area contributed by atoms with Crippen molar-refractivity contribution in [3.05, 3.63) is 54.1 Å². The summed E-state index contributed by atoms with van der Waals surface area (Å²) in [6.45, 7) is 1.10. The Morgan fingerprint density at radius 3 is 2.05 bits per heavy atom. The van der Waals surface area contributed by atoms with E-state index in [1.165, 1.54) is 24.1 Å². The maximum absolute atomic E-state index is 5.76. The average Bonchev–Trinajstić information content (AvgIpc) is 2.90. The lowest BCUT2D eigenvalue weighted by Crippen LogP contribution is -2.22. The van der Waals surface area contributed by atoms with Gasteiger partial charge in [-0.3, -0.25) is 0 Å². The van der Waals surface area contributed by atoms with E-state index in [4.69, 9.17) is 11.5 Å². The van der Waals surface area contributed by atoms with Gasteiger partial charge in [0.15, 0.2) is 0 Å². The lowest BCUT2D eigenvalue weighted by molar-refractivity contribution is 0.719. The third kappa shape index (κ3) is 2.36. The molecular weight excluding hydrogens is 234 g/mol. The highest BCUT2D eigenvalue weighted by molar-refractivity contribution is 5.55. The first kappa shape index (κ1) is 11.9. The highest BCUT2D eigenvalue weighted by Gasteiger charge is 2.25. The molecule has 1 heterocycles. The van der Waals surface area contributed by atoms with Crippen molar-refractivity contribution in [2.24, 2.45) is 0 Å². The van der Waals surface area contributed by atoms with Crippen LogP contribution in [0.5, 0.6) is 0 Å². The third-order valence-corrected chi connectivity index (χ3v) is 3.80. The van der Waals surface area contributed by atoms with Crippen LogP contribution in [0, 0.1) is 0 Å². The zero-order valence-electron chi connectivity index (χ0n) is 10.9. The van der Waals surface area contributed by atoms with Crippen molar-refractivity contribution < 1.29 is 0 Å². The molecule has 1 saturated heterocycles. The van der Waals surface area contributed by atoms with Crippen molar-refractivity contribution in [2.75, 3.05) is 22.9 Å². The molecule has 3 heteroatoms. The lowest BCUT2D eigenvalue weighted by atomic mass is 10.0. The number of benzene rings is 2. The van der Waals surface area contributed by atoms with Crippen molar-refractivity contribution in [1.82, 2.24) is 0 Å². The van der Waals surface area contributed by atoms with E-state index in [2.05, 4.69) is 29.2 Å². The molecule has 1 unspecified atom stereocenters. The van der Waals surface area contributed by atoms with Crippen LogP contribution in [0.4, 0.5) is 17.1 Å². The Balaban J connectivity index is 1.89. The summed E-state index contributed by atoms with van der Waals surface area (Å²) < 4.78 is 0. The Bertz CT molecular complexity index is 494. The van der Waals surface area contributed by atoms with Crippen LogP contribution in [0.2, 0.25) is 0 Å². The molecule has 1 atom stereocenters. The van der Waals surface area contributed by atoms with Gasteiger partial charge in [-0.05, 0) is 54.8 Å². The number of rotatable bonds is 2. The predicted molar refractivity (Wildman–Crippen MR) is 81.0 cm³/mol. The summed E-state index contributed by atoms with van der Waals surface area (Å²) in [6, 6.07) is 16.8. The predicted octanol–water partition coefficient (Wildman–Crippen LogP) is 3.19. The van der Waals surface area contributed by atoms with Crippen LogP contribution in [0.25, 0.3) is 0 Å². The molecule has 2 aromatic carbocycles. The monoisotopic (exact) mass is 253 g/mol. The Morgan fingerprint density at radius 2 is 1.42 bits per heavy atom. The second-order valence-corrected chi connectivity index (χ2v) is 5.11. The molecule has 3 rings (SSSR count). The van der Waals surface area contributed by atoms with Crippen LogP contribution in [0.3, 0.4) is 0 Å². The van der Waals surface area contributed by atoms with Crippen LogP contribution in [-0.2, 0) is 0 Å². The summed E-state index contributed by atoms with van der Waals surface area (Å²) >= 11 is 0. The summed E-state index contributed by atoms with van der Waals surface area (Å²) in [6.07, 6.45) is 2.41. The Kier molecular flexibility index (Phi) is 3.03. The first-order valence-corrected chi connectivity index (χ1v) is 6.72.